The summed E-state index contributed by atoms with van der Waals surface area (Å²) in [4.78, 5) is 15.8. The van der Waals surface area contributed by atoms with Gasteiger partial charge in [0, 0.05) is 24.8 Å². The predicted octanol–water partition coefficient (Wildman–Crippen LogP) is 3.92. The van der Waals surface area contributed by atoms with E-state index in [9.17, 15) is 13.2 Å². The highest BCUT2D eigenvalue weighted by molar-refractivity contribution is 7.89. The Morgan fingerprint density at radius 2 is 1.77 bits per heavy atom. The van der Waals surface area contributed by atoms with Gasteiger partial charge in [0.25, 0.3) is 0 Å². The van der Waals surface area contributed by atoms with E-state index in [0.717, 1.165) is 11.1 Å². The number of nitrogens with one attached hydrogen (secondary N) is 1. The van der Waals surface area contributed by atoms with E-state index in [1.807, 2.05) is 24.3 Å². The molecule has 0 spiro atoms. The monoisotopic (exact) mass is 496 g/mol. The number of sulfonamides is 1. The van der Waals surface area contributed by atoms with Crippen molar-refractivity contribution in [3.8, 4) is 5.75 Å². The van der Waals surface area contributed by atoms with Gasteiger partial charge in [-0.3, -0.25) is 5.43 Å². The number of carbonyl (C=O) groups is 1. The molecule has 0 aliphatic heterocycles. The summed E-state index contributed by atoms with van der Waals surface area (Å²) in [7, 11) is -2.22. The lowest BCUT2D eigenvalue weighted by Gasteiger charge is -2.18. The summed E-state index contributed by atoms with van der Waals surface area (Å²) in [5.41, 5.74) is 4.91. The molecule has 2 aromatic carbocycles. The van der Waals surface area contributed by atoms with Crippen LogP contribution >= 0.6 is 0 Å². The van der Waals surface area contributed by atoms with Crippen molar-refractivity contribution in [2.45, 2.75) is 25.3 Å². The van der Waals surface area contributed by atoms with Gasteiger partial charge >= 0.3 is 5.97 Å². The van der Waals surface area contributed by atoms with E-state index in [4.69, 9.17) is 9.47 Å². The maximum absolute atomic E-state index is 12.6. The van der Waals surface area contributed by atoms with Gasteiger partial charge in [0.2, 0.25) is 10.0 Å². The highest BCUT2D eigenvalue weighted by Crippen LogP contribution is 2.19. The molecule has 0 unspecified atom stereocenters. The molecule has 0 amide bonds. The van der Waals surface area contributed by atoms with Crippen LogP contribution in [0.4, 0.5) is 5.82 Å². The minimum absolute atomic E-state index is 0.133. The summed E-state index contributed by atoms with van der Waals surface area (Å²) in [6.45, 7) is 4.68. The number of pyridine rings is 1. The van der Waals surface area contributed by atoms with Crippen LogP contribution in [-0.4, -0.2) is 50.1 Å². The molecule has 0 fully saturated rings. The van der Waals surface area contributed by atoms with Crippen molar-refractivity contribution >= 4 is 28.0 Å². The quantitative estimate of drug-likeness (QED) is 0.243. The summed E-state index contributed by atoms with van der Waals surface area (Å²) in [6, 6.07) is 17.5. The minimum Gasteiger partial charge on any atom is -0.488 e. The van der Waals surface area contributed by atoms with Crippen molar-refractivity contribution in [1.29, 1.82) is 0 Å². The maximum Gasteiger partial charge on any atom is 0.337 e. The van der Waals surface area contributed by atoms with Gasteiger partial charge in [-0.2, -0.15) is 9.41 Å². The second kappa shape index (κ2) is 12.1. The molecule has 1 heterocycles. The van der Waals surface area contributed by atoms with Crippen LogP contribution in [0.5, 0.6) is 5.75 Å². The standard InChI is InChI=1S/C25H28N4O5S/c1-4-29(5-2)35(31,32)22-14-15-24(26-17-22)28-27-16-21-8-6-7-9-23(21)34-18-19-10-12-20(13-11-19)25(30)33-3/h6-17H,4-5,18H2,1-3H3,(H,26,28). The molecule has 0 saturated heterocycles. The molecule has 3 rings (SSSR count). The topological polar surface area (TPSA) is 110 Å². The molecule has 0 saturated carbocycles. The van der Waals surface area contributed by atoms with Crippen molar-refractivity contribution in [3.63, 3.8) is 0 Å². The number of esters is 1. The zero-order chi connectivity index (χ0) is 25.3. The number of rotatable bonds is 11. The van der Waals surface area contributed by atoms with Crippen molar-refractivity contribution < 1.29 is 22.7 Å². The summed E-state index contributed by atoms with van der Waals surface area (Å²) in [5.74, 6) is 0.647. The average Bonchev–Trinajstić information content (AvgIpc) is 2.89. The van der Waals surface area contributed by atoms with E-state index in [-0.39, 0.29) is 10.9 Å². The third-order valence-corrected chi connectivity index (χ3v) is 7.18. The molecule has 0 bridgehead atoms. The van der Waals surface area contributed by atoms with Gasteiger partial charge in [0.15, 0.2) is 0 Å². The average molecular weight is 497 g/mol. The number of ether oxygens (including phenoxy) is 2. The van der Waals surface area contributed by atoms with Crippen LogP contribution < -0.4 is 10.2 Å². The van der Waals surface area contributed by atoms with Gasteiger partial charge in [-0.1, -0.05) is 38.1 Å². The number of hydrazone groups is 1. The highest BCUT2D eigenvalue weighted by atomic mass is 32.2. The third-order valence-electron chi connectivity index (χ3n) is 5.15. The molecule has 0 radical (unpaired) electrons. The largest absolute Gasteiger partial charge is 0.488 e. The van der Waals surface area contributed by atoms with E-state index in [1.54, 1.807) is 50.4 Å². The van der Waals surface area contributed by atoms with Crippen LogP contribution in [-0.2, 0) is 21.4 Å². The second-order valence-electron chi connectivity index (χ2n) is 7.35. The van der Waals surface area contributed by atoms with Crippen LogP contribution in [0.1, 0.15) is 35.3 Å². The summed E-state index contributed by atoms with van der Waals surface area (Å²) in [6.07, 6.45) is 2.91. The lowest BCUT2D eigenvalue weighted by atomic mass is 10.1. The van der Waals surface area contributed by atoms with Gasteiger partial charge < -0.3 is 9.47 Å². The number of hydrogen-bond acceptors (Lipinski definition) is 8. The number of anilines is 1. The Hall–Kier alpha value is -3.76. The molecule has 0 aliphatic carbocycles. The van der Waals surface area contributed by atoms with Crippen LogP contribution in [0, 0.1) is 0 Å². The third kappa shape index (κ3) is 6.65. The maximum atomic E-state index is 12.6. The van der Waals surface area contributed by atoms with Crippen LogP contribution in [0.25, 0.3) is 0 Å². The summed E-state index contributed by atoms with van der Waals surface area (Å²) < 4.78 is 37.1. The van der Waals surface area contributed by atoms with Crippen molar-refractivity contribution in [2.24, 2.45) is 5.10 Å². The van der Waals surface area contributed by atoms with Crippen LogP contribution in [0.3, 0.4) is 0 Å². The molecule has 3 aromatic rings. The van der Waals surface area contributed by atoms with E-state index in [0.29, 0.717) is 36.8 Å². The van der Waals surface area contributed by atoms with Crippen molar-refractivity contribution in [1.82, 2.24) is 9.29 Å². The fraction of sp³-hybridized carbons (Fsp3) is 0.240. The van der Waals surface area contributed by atoms with E-state index < -0.39 is 10.0 Å². The molecular formula is C25H28N4O5S. The Morgan fingerprint density at radius 3 is 2.40 bits per heavy atom. The molecule has 0 aliphatic rings. The Kier molecular flexibility index (Phi) is 8.93. The SMILES string of the molecule is CCN(CC)S(=O)(=O)c1ccc(NN=Cc2ccccc2OCc2ccc(C(=O)OC)cc2)nc1. The molecule has 35 heavy (non-hydrogen) atoms. The lowest BCUT2D eigenvalue weighted by Crippen LogP contribution is -2.30. The first-order chi connectivity index (χ1) is 16.9. The van der Waals surface area contributed by atoms with Crippen molar-refractivity contribution in [3.05, 3.63) is 83.6 Å². The number of nitrogens with zero attached hydrogens (tertiary/aromatic N) is 3. The van der Waals surface area contributed by atoms with E-state index in [1.165, 1.54) is 23.7 Å². The Bertz CT molecular complexity index is 1260. The summed E-state index contributed by atoms with van der Waals surface area (Å²) >= 11 is 0. The molecule has 1 aromatic heterocycles. The fourth-order valence-corrected chi connectivity index (χ4v) is 4.62. The number of para-hydroxylation sites is 1. The first kappa shape index (κ1) is 25.9. The molecular weight excluding hydrogens is 468 g/mol. The lowest BCUT2D eigenvalue weighted by molar-refractivity contribution is 0.0600. The number of methoxy groups -OCH3 is 1. The highest BCUT2D eigenvalue weighted by Gasteiger charge is 2.21. The van der Waals surface area contributed by atoms with Gasteiger partial charge in [-0.25, -0.2) is 18.2 Å². The Labute approximate surface area is 205 Å². The normalized spacial score (nSPS) is 11.5. The van der Waals surface area contributed by atoms with Gasteiger partial charge in [0.05, 0.1) is 18.9 Å². The molecule has 184 valence electrons. The fourth-order valence-electron chi connectivity index (χ4n) is 3.21. The molecule has 10 heteroatoms. The number of benzene rings is 2. The Balaban J connectivity index is 1.63. The smallest absolute Gasteiger partial charge is 0.337 e. The zero-order valence-corrected chi connectivity index (χ0v) is 20.7. The summed E-state index contributed by atoms with van der Waals surface area (Å²) in [5, 5.41) is 4.20. The minimum atomic E-state index is -3.56. The zero-order valence-electron chi connectivity index (χ0n) is 19.8. The second-order valence-corrected chi connectivity index (χ2v) is 9.29. The number of carbonyl (C=O) groups excluding carboxylic acids is 1. The van der Waals surface area contributed by atoms with E-state index >= 15 is 0 Å². The van der Waals surface area contributed by atoms with E-state index in [2.05, 4.69) is 15.5 Å². The number of aromatic nitrogens is 1. The predicted molar refractivity (Wildman–Crippen MR) is 134 cm³/mol. The van der Waals surface area contributed by atoms with Crippen molar-refractivity contribution in [2.75, 3.05) is 25.6 Å². The molecule has 1 N–H and O–H groups in total. The first-order valence-corrected chi connectivity index (χ1v) is 12.5. The van der Waals surface area contributed by atoms with Crippen LogP contribution in [0.2, 0.25) is 0 Å². The number of hydrogen-bond donors (Lipinski definition) is 1. The van der Waals surface area contributed by atoms with Crippen LogP contribution in [0.15, 0.2) is 76.9 Å². The first-order valence-electron chi connectivity index (χ1n) is 11.0. The van der Waals surface area contributed by atoms with Gasteiger partial charge in [0.1, 0.15) is 23.1 Å². The van der Waals surface area contributed by atoms with Gasteiger partial charge in [-0.15, -0.1) is 0 Å². The molecule has 0 atom stereocenters. The van der Waals surface area contributed by atoms with Gasteiger partial charge in [-0.05, 0) is 42.0 Å². The Morgan fingerprint density at radius 1 is 1.06 bits per heavy atom. The molecule has 9 nitrogen and oxygen atoms in total.